The molecule has 1 atom stereocenters. The third kappa shape index (κ3) is 3.99. The third-order valence-electron chi connectivity index (χ3n) is 4.77. The maximum absolute atomic E-state index is 12.5. The second-order valence-electron chi connectivity index (χ2n) is 6.85. The molecule has 0 saturated carbocycles. The van der Waals surface area contributed by atoms with Crippen molar-refractivity contribution in [1.82, 2.24) is 20.0 Å². The maximum Gasteiger partial charge on any atom is 0.231 e. The van der Waals surface area contributed by atoms with Gasteiger partial charge >= 0.3 is 0 Å². The van der Waals surface area contributed by atoms with E-state index in [4.69, 9.17) is 5.73 Å². The average Bonchev–Trinajstić information content (AvgIpc) is 2.87. The highest BCUT2D eigenvalue weighted by Crippen LogP contribution is 2.20. The van der Waals surface area contributed by atoms with Gasteiger partial charge in [0.1, 0.15) is 0 Å². The number of carbonyl (C=O) groups excluding carboxylic acids is 2. The summed E-state index contributed by atoms with van der Waals surface area (Å²) >= 11 is 0. The number of nitrogens with zero attached hydrogens (tertiary/aromatic N) is 3. The molecule has 3 rings (SSSR count). The van der Waals surface area contributed by atoms with Crippen LogP contribution in [0.3, 0.4) is 0 Å². The number of amides is 2. The number of primary amides is 1. The van der Waals surface area contributed by atoms with Gasteiger partial charge in [0.25, 0.3) is 0 Å². The minimum absolute atomic E-state index is 0.0145. The fraction of sp³-hybridized carbons (Fsp3) is 0.500. The SMILES string of the molecule is Cc1ccc2c(c1)c(CNC(=O)[C@@H]1CCCN(CC(N)=O)C1)nn2C. The zero-order valence-electron chi connectivity index (χ0n) is 14.8. The highest BCUT2D eigenvalue weighted by Gasteiger charge is 2.26. The topological polar surface area (TPSA) is 93.2 Å². The number of piperidine rings is 1. The van der Waals surface area contributed by atoms with Crippen LogP contribution in [0, 0.1) is 12.8 Å². The Morgan fingerprint density at radius 3 is 2.96 bits per heavy atom. The molecule has 0 unspecified atom stereocenters. The zero-order valence-corrected chi connectivity index (χ0v) is 14.8. The zero-order chi connectivity index (χ0) is 18.0. The van der Waals surface area contributed by atoms with Gasteiger partial charge in [0.05, 0.1) is 30.2 Å². The summed E-state index contributed by atoms with van der Waals surface area (Å²) in [4.78, 5) is 25.6. The van der Waals surface area contributed by atoms with E-state index < -0.39 is 0 Å². The number of nitrogens with two attached hydrogens (primary N) is 1. The first-order valence-corrected chi connectivity index (χ1v) is 8.64. The van der Waals surface area contributed by atoms with Crippen molar-refractivity contribution in [3.05, 3.63) is 29.5 Å². The first-order chi connectivity index (χ1) is 11.9. The van der Waals surface area contributed by atoms with Crippen molar-refractivity contribution in [2.45, 2.75) is 26.3 Å². The molecule has 2 heterocycles. The Hall–Kier alpha value is -2.41. The molecule has 0 bridgehead atoms. The summed E-state index contributed by atoms with van der Waals surface area (Å²) in [6.07, 6.45) is 1.74. The van der Waals surface area contributed by atoms with Crippen molar-refractivity contribution >= 4 is 22.7 Å². The van der Waals surface area contributed by atoms with Crippen LogP contribution in [0.2, 0.25) is 0 Å². The van der Waals surface area contributed by atoms with E-state index in [1.54, 1.807) is 0 Å². The van der Waals surface area contributed by atoms with Crippen LogP contribution in [-0.2, 0) is 23.2 Å². The summed E-state index contributed by atoms with van der Waals surface area (Å²) in [6.45, 7) is 4.07. The number of rotatable bonds is 5. The lowest BCUT2D eigenvalue weighted by Gasteiger charge is -2.30. The number of aryl methyl sites for hydroxylation is 2. The normalized spacial score (nSPS) is 18.4. The average molecular weight is 343 g/mol. The molecular formula is C18H25N5O2. The molecule has 1 aromatic heterocycles. The summed E-state index contributed by atoms with van der Waals surface area (Å²) in [7, 11) is 1.91. The molecule has 3 N–H and O–H groups in total. The van der Waals surface area contributed by atoms with Crippen molar-refractivity contribution < 1.29 is 9.59 Å². The number of fused-ring (bicyclic) bond motifs is 1. The number of carbonyl (C=O) groups is 2. The maximum atomic E-state index is 12.5. The van der Waals surface area contributed by atoms with E-state index in [2.05, 4.69) is 22.5 Å². The Morgan fingerprint density at radius 1 is 1.40 bits per heavy atom. The molecule has 1 aliphatic heterocycles. The van der Waals surface area contributed by atoms with Crippen LogP contribution in [0.5, 0.6) is 0 Å². The van der Waals surface area contributed by atoms with Gasteiger partial charge in [-0.3, -0.25) is 19.2 Å². The fourth-order valence-corrected chi connectivity index (χ4v) is 3.53. The standard InChI is InChI=1S/C18H25N5O2/c1-12-5-6-16-14(8-12)15(21-22(16)2)9-20-18(25)13-4-3-7-23(10-13)11-17(19)24/h5-6,8,13H,3-4,7,9-11H2,1-2H3,(H2,19,24)(H,20,25)/t13-/m1/s1. The minimum atomic E-state index is -0.351. The predicted octanol–water partition coefficient (Wildman–Crippen LogP) is 0.695. The van der Waals surface area contributed by atoms with Crippen LogP contribution in [-0.4, -0.2) is 46.1 Å². The van der Waals surface area contributed by atoms with Gasteiger partial charge < -0.3 is 11.1 Å². The van der Waals surface area contributed by atoms with Gasteiger partial charge in [-0.25, -0.2) is 0 Å². The number of aromatic nitrogens is 2. The summed E-state index contributed by atoms with van der Waals surface area (Å²) < 4.78 is 1.84. The monoisotopic (exact) mass is 343 g/mol. The molecule has 134 valence electrons. The smallest absolute Gasteiger partial charge is 0.231 e. The Bertz CT molecular complexity index is 798. The largest absolute Gasteiger partial charge is 0.369 e. The highest BCUT2D eigenvalue weighted by atomic mass is 16.2. The molecule has 1 fully saturated rings. The third-order valence-corrected chi connectivity index (χ3v) is 4.77. The van der Waals surface area contributed by atoms with E-state index in [1.807, 2.05) is 29.6 Å². The van der Waals surface area contributed by atoms with Crippen molar-refractivity contribution in [3.63, 3.8) is 0 Å². The summed E-state index contributed by atoms with van der Waals surface area (Å²) in [5.41, 5.74) is 8.35. The van der Waals surface area contributed by atoms with Gasteiger partial charge in [-0.15, -0.1) is 0 Å². The predicted molar refractivity (Wildman–Crippen MR) is 95.7 cm³/mol. The second-order valence-corrected chi connectivity index (χ2v) is 6.85. The van der Waals surface area contributed by atoms with Gasteiger partial charge in [0.15, 0.2) is 0 Å². The van der Waals surface area contributed by atoms with E-state index in [0.717, 1.165) is 36.0 Å². The fourth-order valence-electron chi connectivity index (χ4n) is 3.53. The van der Waals surface area contributed by atoms with Gasteiger partial charge in [-0.05, 0) is 38.4 Å². The molecule has 1 aliphatic rings. The van der Waals surface area contributed by atoms with E-state index in [0.29, 0.717) is 13.1 Å². The van der Waals surface area contributed by atoms with Crippen molar-refractivity contribution in [2.75, 3.05) is 19.6 Å². The van der Waals surface area contributed by atoms with Crippen LogP contribution in [0.4, 0.5) is 0 Å². The van der Waals surface area contributed by atoms with Crippen LogP contribution in [0.1, 0.15) is 24.1 Å². The Balaban J connectivity index is 1.64. The summed E-state index contributed by atoms with van der Waals surface area (Å²) in [5.74, 6) is -0.443. The van der Waals surface area contributed by atoms with E-state index >= 15 is 0 Å². The molecule has 2 aromatic rings. The number of nitrogens with one attached hydrogen (secondary N) is 1. The first-order valence-electron chi connectivity index (χ1n) is 8.64. The van der Waals surface area contributed by atoms with Gasteiger partial charge in [-0.2, -0.15) is 5.10 Å². The molecule has 1 saturated heterocycles. The Kier molecular flexibility index (Phi) is 5.03. The summed E-state index contributed by atoms with van der Waals surface area (Å²) in [5, 5.41) is 8.61. The van der Waals surface area contributed by atoms with Crippen molar-refractivity contribution in [1.29, 1.82) is 0 Å². The van der Waals surface area contributed by atoms with Gasteiger partial charge in [0.2, 0.25) is 11.8 Å². The lowest BCUT2D eigenvalue weighted by atomic mass is 9.97. The number of likely N-dealkylation sites (tertiary alicyclic amines) is 1. The van der Waals surface area contributed by atoms with Crippen molar-refractivity contribution in [2.24, 2.45) is 18.7 Å². The van der Waals surface area contributed by atoms with Gasteiger partial charge in [0, 0.05) is 19.0 Å². The highest BCUT2D eigenvalue weighted by molar-refractivity contribution is 5.84. The molecule has 7 heteroatoms. The molecule has 25 heavy (non-hydrogen) atoms. The lowest BCUT2D eigenvalue weighted by molar-refractivity contribution is -0.128. The van der Waals surface area contributed by atoms with E-state index in [-0.39, 0.29) is 24.3 Å². The van der Waals surface area contributed by atoms with E-state index in [1.165, 1.54) is 5.56 Å². The summed E-state index contributed by atoms with van der Waals surface area (Å²) in [6, 6.07) is 6.20. The number of hydrogen-bond donors (Lipinski definition) is 2. The molecule has 0 aliphatic carbocycles. The van der Waals surface area contributed by atoms with Crippen LogP contribution < -0.4 is 11.1 Å². The molecule has 2 amide bonds. The number of benzene rings is 1. The Morgan fingerprint density at radius 2 is 2.20 bits per heavy atom. The van der Waals surface area contributed by atoms with Crippen LogP contribution >= 0.6 is 0 Å². The van der Waals surface area contributed by atoms with Crippen LogP contribution in [0.15, 0.2) is 18.2 Å². The van der Waals surface area contributed by atoms with Crippen molar-refractivity contribution in [3.8, 4) is 0 Å². The van der Waals surface area contributed by atoms with Crippen LogP contribution in [0.25, 0.3) is 10.9 Å². The first kappa shape index (κ1) is 17.4. The molecule has 7 nitrogen and oxygen atoms in total. The quantitative estimate of drug-likeness (QED) is 0.835. The van der Waals surface area contributed by atoms with Gasteiger partial charge in [-0.1, -0.05) is 11.6 Å². The molecule has 1 aromatic carbocycles. The molecule has 0 spiro atoms. The second kappa shape index (κ2) is 7.23. The molecule has 0 radical (unpaired) electrons. The number of hydrogen-bond acceptors (Lipinski definition) is 4. The Labute approximate surface area is 147 Å². The lowest BCUT2D eigenvalue weighted by Crippen LogP contribution is -2.45. The van der Waals surface area contributed by atoms with E-state index in [9.17, 15) is 9.59 Å². The molecular weight excluding hydrogens is 318 g/mol. The minimum Gasteiger partial charge on any atom is -0.369 e.